The lowest BCUT2D eigenvalue weighted by molar-refractivity contribution is 0.0890. The van der Waals surface area contributed by atoms with Gasteiger partial charge in [0.25, 0.3) is 11.5 Å². The third-order valence-electron chi connectivity index (χ3n) is 4.46. The number of aromatic nitrogens is 4. The van der Waals surface area contributed by atoms with E-state index < -0.39 is 0 Å². The molecule has 26 heavy (non-hydrogen) atoms. The number of amides is 1. The van der Waals surface area contributed by atoms with Crippen molar-refractivity contribution in [1.82, 2.24) is 25.1 Å². The third-order valence-corrected chi connectivity index (χ3v) is 4.46. The Hall–Kier alpha value is -2.68. The molecular weight excluding hydrogens is 336 g/mol. The summed E-state index contributed by atoms with van der Waals surface area (Å²) in [5.74, 6) is 0.104. The summed E-state index contributed by atoms with van der Waals surface area (Å²) in [6.07, 6.45) is 1.46. The molecule has 0 radical (unpaired) electrons. The Labute approximate surface area is 151 Å². The first kappa shape index (κ1) is 18.1. The summed E-state index contributed by atoms with van der Waals surface area (Å²) in [5.41, 5.74) is 7.32. The summed E-state index contributed by atoms with van der Waals surface area (Å²) in [4.78, 5) is 30.6. The molecule has 0 bridgehead atoms. The Balaban J connectivity index is 1.57. The Morgan fingerprint density at radius 3 is 2.92 bits per heavy atom. The van der Waals surface area contributed by atoms with Gasteiger partial charge in [0.15, 0.2) is 0 Å². The van der Waals surface area contributed by atoms with Crippen molar-refractivity contribution >= 4 is 11.9 Å². The summed E-state index contributed by atoms with van der Waals surface area (Å²) in [6.45, 7) is 5.47. The van der Waals surface area contributed by atoms with Crippen molar-refractivity contribution in [3.8, 4) is 0 Å². The molecule has 0 aromatic carbocycles. The average Bonchev–Trinajstić information content (AvgIpc) is 2.90. The van der Waals surface area contributed by atoms with Crippen molar-refractivity contribution in [2.24, 2.45) is 0 Å². The van der Waals surface area contributed by atoms with Gasteiger partial charge >= 0.3 is 0 Å². The van der Waals surface area contributed by atoms with Gasteiger partial charge in [-0.3, -0.25) is 19.3 Å². The second kappa shape index (κ2) is 7.69. The number of aryl methyl sites for hydroxylation is 1. The molecule has 9 nitrogen and oxygen atoms in total. The second-order valence-electron chi connectivity index (χ2n) is 6.49. The number of carbonyl (C=O) groups excluding carboxylic acids is 1. The molecule has 0 saturated heterocycles. The Bertz CT molecular complexity index is 837. The maximum Gasteiger partial charge on any atom is 0.269 e. The van der Waals surface area contributed by atoms with Crippen LogP contribution >= 0.6 is 0 Å². The molecule has 0 atom stereocenters. The molecule has 3 rings (SSSR count). The Morgan fingerprint density at radius 1 is 1.46 bits per heavy atom. The van der Waals surface area contributed by atoms with Crippen LogP contribution in [0.1, 0.15) is 47.6 Å². The predicted molar refractivity (Wildman–Crippen MR) is 96.0 cm³/mol. The van der Waals surface area contributed by atoms with E-state index in [0.717, 1.165) is 18.5 Å². The molecule has 2 aromatic heterocycles. The molecule has 1 fully saturated rings. The van der Waals surface area contributed by atoms with Crippen LogP contribution < -0.4 is 16.6 Å². The fraction of sp³-hybridized carbons (Fsp3) is 0.529. The molecule has 4 N–H and O–H groups in total. The molecule has 9 heteroatoms. The van der Waals surface area contributed by atoms with Crippen LogP contribution in [0.2, 0.25) is 0 Å². The molecule has 2 aromatic rings. The number of anilines is 1. The van der Waals surface area contributed by atoms with Gasteiger partial charge in [-0.25, -0.2) is 4.98 Å². The monoisotopic (exact) mass is 360 g/mol. The number of nitrogen functional groups attached to an aromatic ring is 1. The SMILES string of the molecule is CCOCCn1nc(C)cc1C(=O)NC1CC(c2cc(=O)[nH]c(N)n2)C1. The largest absolute Gasteiger partial charge is 0.380 e. The number of carbonyl (C=O) groups is 1. The van der Waals surface area contributed by atoms with Crippen molar-refractivity contribution in [1.29, 1.82) is 0 Å². The Kier molecular flexibility index (Phi) is 5.36. The van der Waals surface area contributed by atoms with Crippen LogP contribution in [0.15, 0.2) is 16.9 Å². The standard InChI is InChI=1S/C17H24N6O3/c1-3-26-5-4-23-14(6-10(2)22-23)16(25)19-12-7-11(8-12)13-9-15(24)21-17(18)20-13/h6,9,11-12H,3-5,7-8H2,1-2H3,(H,19,25)(H3,18,20,21,24). The van der Waals surface area contributed by atoms with Crippen molar-refractivity contribution in [3.63, 3.8) is 0 Å². The van der Waals surface area contributed by atoms with Crippen LogP contribution in [-0.4, -0.2) is 44.9 Å². The number of rotatable bonds is 7. The molecule has 0 aliphatic heterocycles. The molecule has 2 heterocycles. The molecule has 1 amide bonds. The highest BCUT2D eigenvalue weighted by atomic mass is 16.5. The van der Waals surface area contributed by atoms with Gasteiger partial charge in [0, 0.05) is 24.6 Å². The lowest BCUT2D eigenvalue weighted by atomic mass is 9.78. The number of nitrogens with zero attached hydrogens (tertiary/aromatic N) is 3. The van der Waals surface area contributed by atoms with E-state index in [1.165, 1.54) is 6.07 Å². The predicted octanol–water partition coefficient (Wildman–Crippen LogP) is 0.570. The van der Waals surface area contributed by atoms with Gasteiger partial charge in [0.1, 0.15) is 5.69 Å². The summed E-state index contributed by atoms with van der Waals surface area (Å²) < 4.78 is 7.02. The molecule has 1 aliphatic carbocycles. The molecule has 0 unspecified atom stereocenters. The lowest BCUT2D eigenvalue weighted by Gasteiger charge is -2.35. The number of nitrogens with one attached hydrogen (secondary N) is 2. The Morgan fingerprint density at radius 2 is 2.23 bits per heavy atom. The van der Waals surface area contributed by atoms with E-state index in [1.807, 2.05) is 13.8 Å². The molecule has 1 saturated carbocycles. The number of H-pyrrole nitrogens is 1. The van der Waals surface area contributed by atoms with E-state index >= 15 is 0 Å². The summed E-state index contributed by atoms with van der Waals surface area (Å²) in [6, 6.07) is 3.28. The maximum absolute atomic E-state index is 12.6. The lowest BCUT2D eigenvalue weighted by Crippen LogP contribution is -2.44. The van der Waals surface area contributed by atoms with Gasteiger partial charge in [0.05, 0.1) is 24.5 Å². The fourth-order valence-corrected chi connectivity index (χ4v) is 3.14. The smallest absolute Gasteiger partial charge is 0.269 e. The van der Waals surface area contributed by atoms with Gasteiger partial charge in [-0.05, 0) is 32.8 Å². The first-order valence-electron chi connectivity index (χ1n) is 8.76. The normalized spacial score (nSPS) is 19.2. The van der Waals surface area contributed by atoms with E-state index in [9.17, 15) is 9.59 Å². The zero-order valence-electron chi connectivity index (χ0n) is 15.0. The van der Waals surface area contributed by atoms with Crippen LogP contribution in [-0.2, 0) is 11.3 Å². The van der Waals surface area contributed by atoms with Crippen molar-refractivity contribution in [2.45, 2.75) is 45.2 Å². The minimum absolute atomic E-state index is 0.0466. The van der Waals surface area contributed by atoms with Gasteiger partial charge in [-0.1, -0.05) is 0 Å². The molecule has 0 spiro atoms. The van der Waals surface area contributed by atoms with Crippen molar-refractivity contribution in [2.75, 3.05) is 18.9 Å². The molecule has 1 aliphatic rings. The topological polar surface area (TPSA) is 128 Å². The first-order valence-corrected chi connectivity index (χ1v) is 8.76. The number of nitrogens with two attached hydrogens (primary N) is 1. The minimum Gasteiger partial charge on any atom is -0.380 e. The van der Waals surface area contributed by atoms with E-state index in [-0.39, 0.29) is 29.4 Å². The van der Waals surface area contributed by atoms with Crippen LogP contribution in [0.4, 0.5) is 5.95 Å². The highest BCUT2D eigenvalue weighted by molar-refractivity contribution is 5.93. The van der Waals surface area contributed by atoms with Gasteiger partial charge in [-0.15, -0.1) is 0 Å². The number of hydrogen-bond donors (Lipinski definition) is 3. The van der Waals surface area contributed by atoms with E-state index in [0.29, 0.717) is 31.1 Å². The molecule has 140 valence electrons. The fourth-order valence-electron chi connectivity index (χ4n) is 3.14. The van der Waals surface area contributed by atoms with Crippen molar-refractivity contribution in [3.05, 3.63) is 39.6 Å². The summed E-state index contributed by atoms with van der Waals surface area (Å²) in [7, 11) is 0. The number of ether oxygens (including phenoxy) is 1. The second-order valence-corrected chi connectivity index (χ2v) is 6.49. The van der Waals surface area contributed by atoms with Gasteiger partial charge in [-0.2, -0.15) is 5.10 Å². The number of aromatic amines is 1. The van der Waals surface area contributed by atoms with Gasteiger partial charge < -0.3 is 15.8 Å². The summed E-state index contributed by atoms with van der Waals surface area (Å²) in [5, 5.41) is 7.37. The maximum atomic E-state index is 12.6. The molecular formula is C17H24N6O3. The average molecular weight is 360 g/mol. The highest BCUT2D eigenvalue weighted by Crippen LogP contribution is 2.35. The zero-order valence-corrected chi connectivity index (χ0v) is 15.0. The van der Waals surface area contributed by atoms with E-state index in [4.69, 9.17) is 10.5 Å². The van der Waals surface area contributed by atoms with Crippen LogP contribution in [0.5, 0.6) is 0 Å². The van der Waals surface area contributed by atoms with Gasteiger partial charge in [0.2, 0.25) is 5.95 Å². The van der Waals surface area contributed by atoms with Crippen molar-refractivity contribution < 1.29 is 9.53 Å². The first-order chi connectivity index (χ1) is 12.5. The quantitative estimate of drug-likeness (QED) is 0.619. The minimum atomic E-state index is -0.256. The highest BCUT2D eigenvalue weighted by Gasteiger charge is 2.33. The third kappa shape index (κ3) is 4.10. The van der Waals surface area contributed by atoms with Crippen LogP contribution in [0.25, 0.3) is 0 Å². The van der Waals surface area contributed by atoms with Crippen LogP contribution in [0.3, 0.4) is 0 Å². The number of hydrogen-bond acceptors (Lipinski definition) is 6. The van der Waals surface area contributed by atoms with E-state index in [2.05, 4.69) is 20.4 Å². The summed E-state index contributed by atoms with van der Waals surface area (Å²) >= 11 is 0. The van der Waals surface area contributed by atoms with Crippen LogP contribution in [0, 0.1) is 6.92 Å². The van der Waals surface area contributed by atoms with E-state index in [1.54, 1.807) is 10.7 Å². The zero-order chi connectivity index (χ0) is 18.7.